The number of hydrogen-bond donors (Lipinski definition) is 0. The molecule has 0 radical (unpaired) electrons. The second-order valence-corrected chi connectivity index (χ2v) is 4.18. The predicted octanol–water partition coefficient (Wildman–Crippen LogP) is 2.70. The molecule has 2 aromatic heterocycles. The Bertz CT molecular complexity index is 759. The molecule has 0 saturated carbocycles. The van der Waals surface area contributed by atoms with Gasteiger partial charge in [0.25, 0.3) is 0 Å². The van der Waals surface area contributed by atoms with E-state index in [9.17, 15) is 4.79 Å². The highest BCUT2D eigenvalue weighted by atomic mass is 16.5. The maximum atomic E-state index is 11.4. The molecule has 0 saturated heterocycles. The summed E-state index contributed by atoms with van der Waals surface area (Å²) in [5.41, 5.74) is 1.25. The molecule has 0 aliphatic rings. The smallest absolute Gasteiger partial charge is 0.179 e. The number of ketones is 1. The highest BCUT2D eigenvalue weighted by Crippen LogP contribution is 2.24. The van der Waals surface area contributed by atoms with Crippen molar-refractivity contribution >= 4 is 22.2 Å². The van der Waals surface area contributed by atoms with Crippen molar-refractivity contribution in [3.8, 4) is 5.75 Å². The van der Waals surface area contributed by atoms with Crippen molar-refractivity contribution in [1.82, 2.24) is 9.38 Å². The number of hydrogen-bond acceptors (Lipinski definition) is 3. The van der Waals surface area contributed by atoms with Crippen LogP contribution in [0, 0.1) is 0 Å². The Hall–Kier alpha value is -2.36. The first kappa shape index (κ1) is 10.8. The Kier molecular flexibility index (Phi) is 2.30. The van der Waals surface area contributed by atoms with E-state index in [-0.39, 0.29) is 5.78 Å². The van der Waals surface area contributed by atoms with Gasteiger partial charge in [0.2, 0.25) is 0 Å². The fraction of sp³-hybridized carbons (Fsp3) is 0.143. The lowest BCUT2D eigenvalue weighted by molar-refractivity contribution is 0.101. The topological polar surface area (TPSA) is 43.6 Å². The standard InChI is InChI=1S/C14H12N2O2/c1-9(17)13-8-16-6-5-10-3-4-11(18-2)7-12(10)14(16)15-13/h3-8H,1-2H3. The molecule has 0 bridgehead atoms. The van der Waals surface area contributed by atoms with Crippen LogP contribution in [0.5, 0.6) is 5.75 Å². The first-order valence-electron chi connectivity index (χ1n) is 5.65. The summed E-state index contributed by atoms with van der Waals surface area (Å²) >= 11 is 0. The summed E-state index contributed by atoms with van der Waals surface area (Å²) < 4.78 is 7.08. The monoisotopic (exact) mass is 240 g/mol. The maximum Gasteiger partial charge on any atom is 0.179 e. The number of imidazole rings is 1. The zero-order valence-corrected chi connectivity index (χ0v) is 10.2. The van der Waals surface area contributed by atoms with Crippen LogP contribution in [0.3, 0.4) is 0 Å². The summed E-state index contributed by atoms with van der Waals surface area (Å²) in [5.74, 6) is 0.748. The molecule has 0 fully saturated rings. The van der Waals surface area contributed by atoms with E-state index >= 15 is 0 Å². The van der Waals surface area contributed by atoms with Gasteiger partial charge in [-0.25, -0.2) is 4.98 Å². The van der Waals surface area contributed by atoms with Crippen molar-refractivity contribution in [2.75, 3.05) is 7.11 Å². The number of ether oxygens (including phenoxy) is 1. The van der Waals surface area contributed by atoms with Crippen LogP contribution < -0.4 is 4.74 Å². The van der Waals surface area contributed by atoms with Crippen molar-refractivity contribution in [1.29, 1.82) is 0 Å². The summed E-state index contributed by atoms with van der Waals surface area (Å²) in [6, 6.07) is 7.82. The molecule has 0 unspecified atom stereocenters. The Labute approximate surface area is 104 Å². The van der Waals surface area contributed by atoms with E-state index in [0.29, 0.717) is 5.69 Å². The molecule has 3 rings (SSSR count). The van der Waals surface area contributed by atoms with Gasteiger partial charge in [0.05, 0.1) is 7.11 Å². The normalized spacial score (nSPS) is 11.0. The average molecular weight is 240 g/mol. The predicted molar refractivity (Wildman–Crippen MR) is 69.3 cm³/mol. The molecule has 4 nitrogen and oxygen atoms in total. The zero-order chi connectivity index (χ0) is 12.7. The molecular formula is C14H12N2O2. The van der Waals surface area contributed by atoms with E-state index in [1.807, 2.05) is 34.9 Å². The summed E-state index contributed by atoms with van der Waals surface area (Å²) in [7, 11) is 1.63. The van der Waals surface area contributed by atoms with Crippen LogP contribution in [-0.2, 0) is 0 Å². The van der Waals surface area contributed by atoms with Crippen LogP contribution >= 0.6 is 0 Å². The van der Waals surface area contributed by atoms with Crippen molar-refractivity contribution in [3.05, 3.63) is 42.4 Å². The third kappa shape index (κ3) is 1.54. The number of benzene rings is 1. The summed E-state index contributed by atoms with van der Waals surface area (Å²) in [6.45, 7) is 1.52. The Morgan fingerprint density at radius 3 is 2.89 bits per heavy atom. The number of Topliss-reactive ketones (excluding diaryl/α,β-unsaturated/α-hetero) is 1. The van der Waals surface area contributed by atoms with Crippen LogP contribution in [-0.4, -0.2) is 22.3 Å². The molecule has 1 aromatic carbocycles. The second-order valence-electron chi connectivity index (χ2n) is 4.18. The SMILES string of the molecule is COc1ccc2ccn3cc(C(C)=O)nc3c2c1. The number of rotatable bonds is 2. The number of nitrogens with zero attached hydrogens (tertiary/aromatic N) is 2. The van der Waals surface area contributed by atoms with Gasteiger partial charge >= 0.3 is 0 Å². The van der Waals surface area contributed by atoms with E-state index in [1.165, 1.54) is 6.92 Å². The van der Waals surface area contributed by atoms with Crippen LogP contribution in [0.25, 0.3) is 16.4 Å². The maximum absolute atomic E-state index is 11.4. The fourth-order valence-electron chi connectivity index (χ4n) is 2.04. The molecule has 0 amide bonds. The van der Waals surface area contributed by atoms with E-state index in [2.05, 4.69) is 4.98 Å². The van der Waals surface area contributed by atoms with Gasteiger partial charge in [0, 0.05) is 24.7 Å². The Morgan fingerprint density at radius 2 is 2.17 bits per heavy atom. The summed E-state index contributed by atoms with van der Waals surface area (Å²) in [6.07, 6.45) is 3.65. The minimum absolute atomic E-state index is 0.0326. The molecule has 4 heteroatoms. The molecule has 0 atom stereocenters. The quantitative estimate of drug-likeness (QED) is 0.647. The van der Waals surface area contributed by atoms with Gasteiger partial charge in [-0.3, -0.25) is 4.79 Å². The molecule has 0 spiro atoms. The molecule has 0 N–H and O–H groups in total. The average Bonchev–Trinajstić information content (AvgIpc) is 2.82. The van der Waals surface area contributed by atoms with Crippen LogP contribution in [0.4, 0.5) is 0 Å². The van der Waals surface area contributed by atoms with Gasteiger partial charge in [0.1, 0.15) is 17.1 Å². The Morgan fingerprint density at radius 1 is 1.33 bits per heavy atom. The molecule has 2 heterocycles. The van der Waals surface area contributed by atoms with Gasteiger partial charge in [-0.2, -0.15) is 0 Å². The number of carbonyl (C=O) groups excluding carboxylic acids is 1. The minimum atomic E-state index is -0.0326. The lowest BCUT2D eigenvalue weighted by atomic mass is 10.1. The van der Waals surface area contributed by atoms with Crippen LogP contribution in [0.1, 0.15) is 17.4 Å². The van der Waals surface area contributed by atoms with Crippen molar-refractivity contribution in [3.63, 3.8) is 0 Å². The summed E-state index contributed by atoms with van der Waals surface area (Å²) in [4.78, 5) is 15.7. The minimum Gasteiger partial charge on any atom is -0.497 e. The lowest BCUT2D eigenvalue weighted by Gasteiger charge is -2.03. The number of fused-ring (bicyclic) bond motifs is 3. The van der Waals surface area contributed by atoms with Crippen molar-refractivity contribution < 1.29 is 9.53 Å². The van der Waals surface area contributed by atoms with Gasteiger partial charge in [-0.1, -0.05) is 6.07 Å². The van der Waals surface area contributed by atoms with E-state index in [4.69, 9.17) is 4.74 Å². The number of methoxy groups -OCH3 is 1. The van der Waals surface area contributed by atoms with Crippen LogP contribution in [0.15, 0.2) is 36.7 Å². The highest BCUT2D eigenvalue weighted by molar-refractivity contribution is 5.98. The van der Waals surface area contributed by atoms with Crippen molar-refractivity contribution in [2.24, 2.45) is 0 Å². The molecule has 3 aromatic rings. The van der Waals surface area contributed by atoms with E-state index < -0.39 is 0 Å². The van der Waals surface area contributed by atoms with Gasteiger partial charge in [-0.05, 0) is 23.6 Å². The number of carbonyl (C=O) groups is 1. The first-order chi connectivity index (χ1) is 8.69. The highest BCUT2D eigenvalue weighted by Gasteiger charge is 2.09. The van der Waals surface area contributed by atoms with E-state index in [0.717, 1.165) is 22.2 Å². The molecule has 0 aliphatic carbocycles. The third-order valence-electron chi connectivity index (χ3n) is 3.01. The Balaban J connectivity index is 2.39. The van der Waals surface area contributed by atoms with Crippen LogP contribution in [0.2, 0.25) is 0 Å². The lowest BCUT2D eigenvalue weighted by Crippen LogP contribution is -1.90. The van der Waals surface area contributed by atoms with Gasteiger partial charge in [0.15, 0.2) is 5.78 Å². The zero-order valence-electron chi connectivity index (χ0n) is 10.2. The number of aromatic nitrogens is 2. The van der Waals surface area contributed by atoms with Gasteiger partial charge < -0.3 is 9.14 Å². The van der Waals surface area contributed by atoms with E-state index in [1.54, 1.807) is 13.3 Å². The van der Waals surface area contributed by atoms with Crippen molar-refractivity contribution in [2.45, 2.75) is 6.92 Å². The second kappa shape index (κ2) is 3.84. The number of pyridine rings is 1. The van der Waals surface area contributed by atoms with Gasteiger partial charge in [-0.15, -0.1) is 0 Å². The molecule has 0 aliphatic heterocycles. The first-order valence-corrected chi connectivity index (χ1v) is 5.65. The molecule has 18 heavy (non-hydrogen) atoms. The molecule has 90 valence electrons. The fourth-order valence-corrected chi connectivity index (χ4v) is 2.04. The summed E-state index contributed by atoms with van der Waals surface area (Å²) in [5, 5.41) is 2.05. The third-order valence-corrected chi connectivity index (χ3v) is 3.01. The molecular weight excluding hydrogens is 228 g/mol. The largest absolute Gasteiger partial charge is 0.497 e.